The Hall–Kier alpha value is -1.87. The number of aromatic nitrogens is 3. The lowest BCUT2D eigenvalue weighted by Gasteiger charge is -2.05. The molecule has 3 heterocycles. The van der Waals surface area contributed by atoms with Crippen molar-refractivity contribution < 1.29 is 4.92 Å². The van der Waals surface area contributed by atoms with Gasteiger partial charge in [0.15, 0.2) is 5.03 Å². The Morgan fingerprint density at radius 3 is 1.92 bits per heavy atom. The van der Waals surface area contributed by atoms with Gasteiger partial charge < -0.3 is 0 Å². The quantitative estimate of drug-likeness (QED) is 0.411. The number of hydrogen-bond donors (Lipinski definition) is 0. The molecule has 0 saturated carbocycles. The normalized spacial score (nSPS) is 10.6. The summed E-state index contributed by atoms with van der Waals surface area (Å²) < 4.78 is 0. The molecule has 25 heavy (non-hydrogen) atoms. The molecule has 0 aliphatic carbocycles. The van der Waals surface area contributed by atoms with Gasteiger partial charge in [0.05, 0.1) is 15.0 Å². The first-order chi connectivity index (χ1) is 12.0. The molecule has 0 atom stereocenters. The molecule has 0 aromatic carbocycles. The molecular formula is C15H8Cl2N4O2S2. The molecule has 3 aromatic rings. The lowest BCUT2D eigenvalue weighted by atomic mass is 10.4. The summed E-state index contributed by atoms with van der Waals surface area (Å²) in [5, 5.41) is 14.4. The van der Waals surface area contributed by atoms with Crippen molar-refractivity contribution in [2.45, 2.75) is 20.1 Å². The van der Waals surface area contributed by atoms with Gasteiger partial charge in [-0.25, -0.2) is 15.0 Å². The van der Waals surface area contributed by atoms with Gasteiger partial charge in [0.2, 0.25) is 0 Å². The predicted octanol–water partition coefficient (Wildman–Crippen LogP) is 5.39. The van der Waals surface area contributed by atoms with Crippen LogP contribution in [0.15, 0.2) is 68.9 Å². The van der Waals surface area contributed by atoms with Crippen LogP contribution in [0.5, 0.6) is 0 Å². The first-order valence-corrected chi connectivity index (χ1v) is 9.14. The first kappa shape index (κ1) is 17.9. The fourth-order valence-electron chi connectivity index (χ4n) is 1.74. The lowest BCUT2D eigenvalue weighted by molar-refractivity contribution is -0.388. The van der Waals surface area contributed by atoms with Gasteiger partial charge >= 0.3 is 5.69 Å². The maximum Gasteiger partial charge on any atom is 0.301 e. The summed E-state index contributed by atoms with van der Waals surface area (Å²) >= 11 is 14.0. The Kier molecular flexibility index (Phi) is 5.74. The van der Waals surface area contributed by atoms with E-state index in [1.165, 1.54) is 30.2 Å². The largest absolute Gasteiger partial charge is 0.301 e. The van der Waals surface area contributed by atoms with Crippen molar-refractivity contribution in [2.24, 2.45) is 0 Å². The highest BCUT2D eigenvalue weighted by Gasteiger charge is 2.18. The van der Waals surface area contributed by atoms with E-state index in [1.807, 2.05) is 0 Å². The Morgan fingerprint density at radius 2 is 1.40 bits per heavy atom. The van der Waals surface area contributed by atoms with Gasteiger partial charge in [-0.1, -0.05) is 35.0 Å². The molecule has 0 aliphatic rings. The van der Waals surface area contributed by atoms with Crippen LogP contribution in [0.3, 0.4) is 0 Å². The van der Waals surface area contributed by atoms with E-state index in [9.17, 15) is 10.1 Å². The highest BCUT2D eigenvalue weighted by Crippen LogP contribution is 2.35. The van der Waals surface area contributed by atoms with Crippen LogP contribution in [-0.4, -0.2) is 19.9 Å². The molecule has 0 spiro atoms. The lowest BCUT2D eigenvalue weighted by Crippen LogP contribution is -1.95. The third kappa shape index (κ3) is 4.82. The molecule has 0 unspecified atom stereocenters. The minimum absolute atomic E-state index is 0.0878. The van der Waals surface area contributed by atoms with Gasteiger partial charge in [-0.15, -0.1) is 0 Å². The van der Waals surface area contributed by atoms with Crippen LogP contribution in [0, 0.1) is 10.1 Å². The van der Waals surface area contributed by atoms with E-state index in [0.717, 1.165) is 11.8 Å². The molecule has 0 N–H and O–H groups in total. The number of nitrogens with zero attached hydrogens (tertiary/aromatic N) is 4. The van der Waals surface area contributed by atoms with E-state index in [2.05, 4.69) is 15.0 Å². The molecule has 0 amide bonds. The van der Waals surface area contributed by atoms with Crippen LogP contribution in [0.2, 0.25) is 10.0 Å². The van der Waals surface area contributed by atoms with Crippen molar-refractivity contribution in [3.8, 4) is 0 Å². The average molecular weight is 411 g/mol. The Bertz CT molecular complexity index is 908. The minimum atomic E-state index is -0.472. The van der Waals surface area contributed by atoms with Crippen molar-refractivity contribution in [2.75, 3.05) is 0 Å². The van der Waals surface area contributed by atoms with Gasteiger partial charge in [-0.3, -0.25) is 10.1 Å². The highest BCUT2D eigenvalue weighted by molar-refractivity contribution is 8.00. The molecule has 0 aliphatic heterocycles. The Morgan fingerprint density at radius 1 is 0.840 bits per heavy atom. The van der Waals surface area contributed by atoms with Crippen LogP contribution in [0.1, 0.15) is 0 Å². The third-order valence-corrected chi connectivity index (χ3v) is 5.10. The van der Waals surface area contributed by atoms with Crippen LogP contribution in [0.4, 0.5) is 5.69 Å². The van der Waals surface area contributed by atoms with Crippen LogP contribution in [-0.2, 0) is 0 Å². The second kappa shape index (κ2) is 8.01. The Balaban J connectivity index is 1.89. The smallest absolute Gasteiger partial charge is 0.258 e. The molecule has 126 valence electrons. The third-order valence-electron chi connectivity index (χ3n) is 2.82. The van der Waals surface area contributed by atoms with Gasteiger partial charge in [-0.05, 0) is 42.1 Å². The monoisotopic (exact) mass is 410 g/mol. The first-order valence-electron chi connectivity index (χ1n) is 6.75. The molecule has 6 nitrogen and oxygen atoms in total. The van der Waals surface area contributed by atoms with Crippen molar-refractivity contribution in [1.82, 2.24) is 15.0 Å². The molecule has 0 fully saturated rings. The summed E-state index contributed by atoms with van der Waals surface area (Å²) in [7, 11) is 0. The molecule has 3 aromatic heterocycles. The van der Waals surface area contributed by atoms with Crippen molar-refractivity contribution in [3.63, 3.8) is 0 Å². The topological polar surface area (TPSA) is 81.8 Å². The van der Waals surface area contributed by atoms with Gasteiger partial charge in [0.1, 0.15) is 15.1 Å². The zero-order valence-corrected chi connectivity index (χ0v) is 15.4. The summed E-state index contributed by atoms with van der Waals surface area (Å²) in [6, 6.07) is 9.82. The average Bonchev–Trinajstić information content (AvgIpc) is 2.59. The van der Waals surface area contributed by atoms with E-state index < -0.39 is 4.92 Å². The number of halogens is 2. The maximum absolute atomic E-state index is 11.3. The number of hydrogen-bond acceptors (Lipinski definition) is 7. The maximum atomic E-state index is 11.3. The van der Waals surface area contributed by atoms with Crippen LogP contribution in [0.25, 0.3) is 0 Å². The summed E-state index contributed by atoms with van der Waals surface area (Å²) in [5.41, 5.74) is -0.0878. The summed E-state index contributed by atoms with van der Waals surface area (Å²) in [4.78, 5) is 23.5. The Labute approximate surface area is 161 Å². The number of nitro groups is 1. The number of rotatable bonds is 5. The van der Waals surface area contributed by atoms with E-state index in [1.54, 1.807) is 30.3 Å². The zero-order valence-electron chi connectivity index (χ0n) is 12.3. The number of pyridine rings is 3. The standard InChI is InChI=1S/C15H8Cl2N4O2S2/c16-9-1-4-12(18-7-9)24-14-6-3-11(21(22)23)15(20-14)25-13-5-2-10(17)8-19-13/h1-8H. The molecule has 0 saturated heterocycles. The van der Waals surface area contributed by atoms with E-state index in [-0.39, 0.29) is 10.7 Å². The van der Waals surface area contributed by atoms with E-state index in [0.29, 0.717) is 25.1 Å². The molecule has 3 rings (SSSR count). The fraction of sp³-hybridized carbons (Fsp3) is 0. The van der Waals surface area contributed by atoms with E-state index >= 15 is 0 Å². The van der Waals surface area contributed by atoms with Crippen LogP contribution >= 0.6 is 46.7 Å². The summed E-state index contributed by atoms with van der Waals surface area (Å²) in [6.07, 6.45) is 3.01. The molecular weight excluding hydrogens is 403 g/mol. The van der Waals surface area contributed by atoms with E-state index in [4.69, 9.17) is 23.2 Å². The molecule has 10 heteroatoms. The van der Waals surface area contributed by atoms with Gasteiger partial charge in [-0.2, -0.15) is 0 Å². The SMILES string of the molecule is O=[N+]([O-])c1ccc(Sc2ccc(Cl)cn2)nc1Sc1ccc(Cl)cn1. The van der Waals surface area contributed by atoms with Crippen molar-refractivity contribution >= 4 is 52.4 Å². The fourth-order valence-corrected chi connectivity index (χ4v) is 3.58. The second-order valence-corrected chi connectivity index (χ2v) is 7.49. The molecule has 0 radical (unpaired) electrons. The van der Waals surface area contributed by atoms with Gasteiger partial charge in [0, 0.05) is 18.5 Å². The predicted molar refractivity (Wildman–Crippen MR) is 97.6 cm³/mol. The molecule has 0 bridgehead atoms. The second-order valence-electron chi connectivity index (χ2n) is 4.56. The van der Waals surface area contributed by atoms with Crippen molar-refractivity contribution in [1.29, 1.82) is 0 Å². The van der Waals surface area contributed by atoms with Gasteiger partial charge in [0.25, 0.3) is 0 Å². The van der Waals surface area contributed by atoms with Crippen molar-refractivity contribution in [3.05, 3.63) is 69.0 Å². The van der Waals surface area contributed by atoms with Crippen LogP contribution < -0.4 is 0 Å². The summed E-state index contributed by atoms with van der Waals surface area (Å²) in [5.74, 6) is 0. The highest BCUT2D eigenvalue weighted by atomic mass is 35.5. The minimum Gasteiger partial charge on any atom is -0.258 e. The zero-order chi connectivity index (χ0) is 17.8. The summed E-state index contributed by atoms with van der Waals surface area (Å²) in [6.45, 7) is 0.